The summed E-state index contributed by atoms with van der Waals surface area (Å²) >= 11 is 0. The Bertz CT molecular complexity index is 1320. The van der Waals surface area contributed by atoms with Gasteiger partial charge in [-0.15, -0.1) is 5.10 Å². The van der Waals surface area contributed by atoms with Crippen LogP contribution in [-0.2, 0) is 11.8 Å². The molecule has 2 N–H and O–H groups in total. The highest BCUT2D eigenvalue weighted by Gasteiger charge is 2.15. The van der Waals surface area contributed by atoms with Gasteiger partial charge in [0.2, 0.25) is 0 Å². The zero-order chi connectivity index (χ0) is 24.2. The van der Waals surface area contributed by atoms with Gasteiger partial charge < -0.3 is 20.3 Å². The SMILES string of the molecule is Cn1nc(-c2ccc(F)cc2)cc1C(=O)Nc1ccc(Nc2cc(N3CCOCC3)cnn2)cc1. The number of anilines is 4. The number of nitrogens with zero attached hydrogens (tertiary/aromatic N) is 5. The molecule has 9 nitrogen and oxygen atoms in total. The van der Waals surface area contributed by atoms with Gasteiger partial charge in [-0.3, -0.25) is 9.48 Å². The van der Waals surface area contributed by atoms with Crippen LogP contribution in [0.15, 0.2) is 66.9 Å². The molecule has 1 amide bonds. The fraction of sp³-hybridized carbons (Fsp3) is 0.200. The topological polar surface area (TPSA) is 97.2 Å². The predicted octanol–water partition coefficient (Wildman–Crippen LogP) is 3.85. The van der Waals surface area contributed by atoms with E-state index in [1.807, 2.05) is 18.2 Å². The van der Waals surface area contributed by atoms with Crippen LogP contribution < -0.4 is 15.5 Å². The predicted molar refractivity (Wildman–Crippen MR) is 131 cm³/mol. The summed E-state index contributed by atoms with van der Waals surface area (Å²) in [6.07, 6.45) is 1.75. The number of morpholine rings is 1. The van der Waals surface area contributed by atoms with Gasteiger partial charge in [0.25, 0.3) is 5.91 Å². The van der Waals surface area contributed by atoms with Gasteiger partial charge in [0.15, 0.2) is 5.82 Å². The standard InChI is InChI=1S/C25H24FN7O2/c1-32-23(15-22(31-32)17-2-4-18(26)5-3-17)25(34)29-20-8-6-19(7-9-20)28-24-14-21(16-27-30-24)33-10-12-35-13-11-33/h2-9,14-16H,10-13H2,1H3,(H,28,30)(H,29,34). The number of hydrogen-bond acceptors (Lipinski definition) is 7. The Kier molecular flexibility index (Phi) is 6.36. The Morgan fingerprint density at radius 2 is 1.71 bits per heavy atom. The highest BCUT2D eigenvalue weighted by atomic mass is 19.1. The monoisotopic (exact) mass is 473 g/mol. The fourth-order valence-corrected chi connectivity index (χ4v) is 3.83. The molecule has 35 heavy (non-hydrogen) atoms. The van der Waals surface area contributed by atoms with Gasteiger partial charge in [-0.2, -0.15) is 10.2 Å². The molecule has 0 bridgehead atoms. The largest absolute Gasteiger partial charge is 0.378 e. The molecule has 1 saturated heterocycles. The van der Waals surface area contributed by atoms with Gasteiger partial charge in [-0.25, -0.2) is 4.39 Å². The van der Waals surface area contributed by atoms with Gasteiger partial charge in [0.1, 0.15) is 11.5 Å². The van der Waals surface area contributed by atoms with Crippen molar-refractivity contribution in [1.29, 1.82) is 0 Å². The molecule has 5 rings (SSSR count). The van der Waals surface area contributed by atoms with Crippen LogP contribution >= 0.6 is 0 Å². The van der Waals surface area contributed by atoms with Crippen LogP contribution in [0.4, 0.5) is 27.3 Å². The molecule has 2 aromatic carbocycles. The van der Waals surface area contributed by atoms with Crippen LogP contribution in [0.1, 0.15) is 10.5 Å². The molecule has 3 heterocycles. The summed E-state index contributed by atoms with van der Waals surface area (Å²) in [4.78, 5) is 15.0. The third-order valence-electron chi connectivity index (χ3n) is 5.68. The normalized spacial score (nSPS) is 13.5. The van der Waals surface area contributed by atoms with Crippen molar-refractivity contribution in [3.05, 3.63) is 78.4 Å². The van der Waals surface area contributed by atoms with E-state index in [-0.39, 0.29) is 11.7 Å². The van der Waals surface area contributed by atoms with Crippen molar-refractivity contribution in [2.45, 2.75) is 0 Å². The second kappa shape index (κ2) is 9.90. The number of carbonyl (C=O) groups is 1. The summed E-state index contributed by atoms with van der Waals surface area (Å²) in [6.45, 7) is 3.04. The van der Waals surface area contributed by atoms with Crippen LogP contribution in [0.2, 0.25) is 0 Å². The molecule has 178 valence electrons. The molecule has 2 aromatic heterocycles. The maximum atomic E-state index is 13.2. The molecule has 1 aliphatic heterocycles. The fourth-order valence-electron chi connectivity index (χ4n) is 3.83. The lowest BCUT2D eigenvalue weighted by Gasteiger charge is -2.28. The number of nitrogens with one attached hydrogen (secondary N) is 2. The first-order valence-electron chi connectivity index (χ1n) is 11.2. The van der Waals surface area contributed by atoms with E-state index in [4.69, 9.17) is 4.74 Å². The second-order valence-electron chi connectivity index (χ2n) is 8.10. The number of hydrogen-bond donors (Lipinski definition) is 2. The Balaban J connectivity index is 1.23. The molecule has 4 aromatic rings. The van der Waals surface area contributed by atoms with Crippen molar-refractivity contribution in [2.24, 2.45) is 7.05 Å². The molecule has 0 radical (unpaired) electrons. The number of carbonyl (C=O) groups excluding carboxylic acids is 1. The minimum Gasteiger partial charge on any atom is -0.378 e. The first-order valence-corrected chi connectivity index (χ1v) is 11.2. The quantitative estimate of drug-likeness (QED) is 0.439. The zero-order valence-electron chi connectivity index (χ0n) is 19.1. The minimum absolute atomic E-state index is 0.293. The van der Waals surface area contributed by atoms with Crippen LogP contribution in [-0.4, -0.2) is 52.2 Å². The van der Waals surface area contributed by atoms with Crippen molar-refractivity contribution in [3.63, 3.8) is 0 Å². The lowest BCUT2D eigenvalue weighted by atomic mass is 10.1. The van der Waals surface area contributed by atoms with E-state index >= 15 is 0 Å². The molecule has 0 aliphatic carbocycles. The minimum atomic E-state index is -0.322. The van der Waals surface area contributed by atoms with Crippen molar-refractivity contribution in [2.75, 3.05) is 41.8 Å². The summed E-state index contributed by atoms with van der Waals surface area (Å²) in [5, 5.41) is 18.8. The number of amides is 1. The molecular weight excluding hydrogens is 449 g/mol. The van der Waals surface area contributed by atoms with E-state index in [2.05, 4.69) is 30.8 Å². The Hall–Kier alpha value is -4.31. The highest BCUT2D eigenvalue weighted by Crippen LogP contribution is 2.23. The number of benzene rings is 2. The molecule has 0 saturated carbocycles. The van der Waals surface area contributed by atoms with Gasteiger partial charge in [0, 0.05) is 43.1 Å². The lowest BCUT2D eigenvalue weighted by Crippen LogP contribution is -2.36. The number of ether oxygens (including phenoxy) is 1. The number of aryl methyl sites for hydroxylation is 1. The average Bonchev–Trinajstić information content (AvgIpc) is 3.28. The summed E-state index contributed by atoms with van der Waals surface area (Å²) in [5.41, 5.74) is 4.16. The number of aromatic nitrogens is 4. The molecule has 1 fully saturated rings. The van der Waals surface area contributed by atoms with Crippen molar-refractivity contribution >= 4 is 28.8 Å². The maximum Gasteiger partial charge on any atom is 0.273 e. The van der Waals surface area contributed by atoms with E-state index in [1.54, 1.807) is 43.6 Å². The first kappa shape index (κ1) is 22.5. The van der Waals surface area contributed by atoms with Gasteiger partial charge >= 0.3 is 0 Å². The van der Waals surface area contributed by atoms with Crippen molar-refractivity contribution in [1.82, 2.24) is 20.0 Å². The highest BCUT2D eigenvalue weighted by molar-refractivity contribution is 6.03. The average molecular weight is 474 g/mol. The molecule has 10 heteroatoms. The maximum absolute atomic E-state index is 13.2. The van der Waals surface area contributed by atoms with E-state index < -0.39 is 0 Å². The van der Waals surface area contributed by atoms with Crippen molar-refractivity contribution in [3.8, 4) is 11.3 Å². The van der Waals surface area contributed by atoms with Crippen LogP contribution in [0.5, 0.6) is 0 Å². The zero-order valence-corrected chi connectivity index (χ0v) is 19.1. The molecule has 0 unspecified atom stereocenters. The summed E-state index contributed by atoms with van der Waals surface area (Å²) in [6, 6.07) is 16.9. The molecule has 1 aliphatic rings. The Labute approximate surface area is 201 Å². The van der Waals surface area contributed by atoms with E-state index in [1.165, 1.54) is 16.8 Å². The number of halogens is 1. The molecule has 0 spiro atoms. The second-order valence-corrected chi connectivity index (χ2v) is 8.10. The van der Waals surface area contributed by atoms with Gasteiger partial charge in [0.05, 0.1) is 30.8 Å². The Morgan fingerprint density at radius 3 is 2.46 bits per heavy atom. The first-order chi connectivity index (χ1) is 17.0. The van der Waals surface area contributed by atoms with Gasteiger partial charge in [-0.1, -0.05) is 0 Å². The van der Waals surface area contributed by atoms with Crippen LogP contribution in [0.25, 0.3) is 11.3 Å². The third kappa shape index (κ3) is 5.28. The summed E-state index contributed by atoms with van der Waals surface area (Å²) in [7, 11) is 1.70. The molecular formula is C25H24FN7O2. The van der Waals surface area contributed by atoms with E-state index in [0.717, 1.165) is 30.0 Å². The smallest absolute Gasteiger partial charge is 0.273 e. The van der Waals surface area contributed by atoms with E-state index in [0.29, 0.717) is 36.1 Å². The number of rotatable bonds is 6. The molecule has 0 atom stereocenters. The Morgan fingerprint density at radius 1 is 1.00 bits per heavy atom. The lowest BCUT2D eigenvalue weighted by molar-refractivity contribution is 0.101. The summed E-state index contributed by atoms with van der Waals surface area (Å²) in [5.74, 6) is 0.0181. The van der Waals surface area contributed by atoms with Crippen LogP contribution in [0.3, 0.4) is 0 Å². The van der Waals surface area contributed by atoms with Crippen molar-refractivity contribution < 1.29 is 13.9 Å². The van der Waals surface area contributed by atoms with Gasteiger partial charge in [-0.05, 0) is 54.6 Å². The van der Waals surface area contributed by atoms with E-state index in [9.17, 15) is 9.18 Å². The van der Waals surface area contributed by atoms with Crippen LogP contribution in [0, 0.1) is 5.82 Å². The summed E-state index contributed by atoms with van der Waals surface area (Å²) < 4.78 is 20.1. The third-order valence-corrected chi connectivity index (χ3v) is 5.68.